The van der Waals surface area contributed by atoms with Crippen molar-refractivity contribution in [3.05, 3.63) is 47.8 Å². The van der Waals surface area contributed by atoms with Crippen LogP contribution in [0.3, 0.4) is 0 Å². The van der Waals surface area contributed by atoms with E-state index in [1.807, 2.05) is 0 Å². The number of aryl methyl sites for hydroxylation is 2. The van der Waals surface area contributed by atoms with E-state index < -0.39 is 11.7 Å². The second kappa shape index (κ2) is 5.99. The number of carbonyl (C=O) groups excluding carboxylic acids is 1. The molecule has 112 valence electrons. The van der Waals surface area contributed by atoms with Crippen LogP contribution < -0.4 is 5.32 Å². The van der Waals surface area contributed by atoms with E-state index in [1.54, 1.807) is 24.1 Å². The fourth-order valence-corrected chi connectivity index (χ4v) is 1.86. The van der Waals surface area contributed by atoms with Crippen LogP contribution in [-0.2, 0) is 24.4 Å². The maximum absolute atomic E-state index is 12.6. The highest BCUT2D eigenvalue weighted by atomic mass is 19.4. The molecule has 4 nitrogen and oxygen atoms in total. The number of nitrogens with zero attached hydrogens (tertiary/aromatic N) is 2. The van der Waals surface area contributed by atoms with E-state index >= 15 is 0 Å². The van der Waals surface area contributed by atoms with Crippen molar-refractivity contribution in [1.29, 1.82) is 0 Å². The molecule has 21 heavy (non-hydrogen) atoms. The Balaban J connectivity index is 1.93. The Kier molecular flexibility index (Phi) is 4.30. The zero-order valence-electron chi connectivity index (χ0n) is 11.3. The molecule has 0 unspecified atom stereocenters. The minimum atomic E-state index is -4.42. The van der Waals surface area contributed by atoms with Gasteiger partial charge in [0.05, 0.1) is 11.8 Å². The maximum Gasteiger partial charge on any atom is 0.416 e. The number of alkyl halides is 3. The van der Waals surface area contributed by atoms with Crippen molar-refractivity contribution >= 4 is 11.6 Å². The van der Waals surface area contributed by atoms with Gasteiger partial charge in [-0.2, -0.15) is 18.3 Å². The molecule has 0 fully saturated rings. The number of hydrogen-bond donors (Lipinski definition) is 1. The number of amides is 1. The minimum Gasteiger partial charge on any atom is -0.326 e. The average molecular weight is 297 g/mol. The molecule has 0 saturated carbocycles. The van der Waals surface area contributed by atoms with Crippen molar-refractivity contribution in [2.45, 2.75) is 19.0 Å². The second-order valence-electron chi connectivity index (χ2n) is 4.65. The third-order valence-electron chi connectivity index (χ3n) is 2.87. The normalized spacial score (nSPS) is 11.4. The predicted molar refractivity (Wildman–Crippen MR) is 71.6 cm³/mol. The Morgan fingerprint density at radius 2 is 2.14 bits per heavy atom. The molecule has 0 spiro atoms. The smallest absolute Gasteiger partial charge is 0.326 e. The fraction of sp³-hybridized carbons (Fsp3) is 0.286. The number of anilines is 1. The Bertz CT molecular complexity index is 634. The molecule has 2 rings (SSSR count). The Morgan fingerprint density at radius 3 is 2.76 bits per heavy atom. The lowest BCUT2D eigenvalue weighted by atomic mass is 10.1. The highest BCUT2D eigenvalue weighted by Crippen LogP contribution is 2.30. The Morgan fingerprint density at radius 1 is 1.38 bits per heavy atom. The van der Waals surface area contributed by atoms with Gasteiger partial charge in [0.25, 0.3) is 0 Å². The summed E-state index contributed by atoms with van der Waals surface area (Å²) < 4.78 is 39.3. The number of nitrogens with one attached hydrogen (secondary N) is 1. The summed E-state index contributed by atoms with van der Waals surface area (Å²) >= 11 is 0. The first-order chi connectivity index (χ1) is 9.84. The Labute approximate surface area is 119 Å². The van der Waals surface area contributed by atoms with E-state index in [9.17, 15) is 18.0 Å². The first-order valence-electron chi connectivity index (χ1n) is 6.29. The van der Waals surface area contributed by atoms with Crippen LogP contribution in [0.1, 0.15) is 17.5 Å². The van der Waals surface area contributed by atoms with Crippen LogP contribution in [0.2, 0.25) is 0 Å². The van der Waals surface area contributed by atoms with Gasteiger partial charge in [0.15, 0.2) is 0 Å². The molecule has 0 saturated heterocycles. The first-order valence-corrected chi connectivity index (χ1v) is 6.29. The first kappa shape index (κ1) is 15.1. The van der Waals surface area contributed by atoms with E-state index in [4.69, 9.17) is 0 Å². The summed E-state index contributed by atoms with van der Waals surface area (Å²) in [5.74, 6) is -0.335. The molecule has 1 aromatic heterocycles. The predicted octanol–water partition coefficient (Wildman–Crippen LogP) is 3.01. The van der Waals surface area contributed by atoms with Crippen LogP contribution in [0, 0.1) is 0 Å². The fourth-order valence-electron chi connectivity index (χ4n) is 1.86. The number of halogens is 3. The molecule has 0 radical (unpaired) electrons. The number of benzene rings is 1. The van der Waals surface area contributed by atoms with Gasteiger partial charge in [-0.05, 0) is 30.2 Å². The van der Waals surface area contributed by atoms with Gasteiger partial charge in [0.2, 0.25) is 5.91 Å². The summed E-state index contributed by atoms with van der Waals surface area (Å²) in [5.41, 5.74) is 0.255. The third kappa shape index (κ3) is 4.34. The minimum absolute atomic E-state index is 0.140. The number of hydrogen-bond acceptors (Lipinski definition) is 2. The van der Waals surface area contributed by atoms with Crippen molar-refractivity contribution < 1.29 is 18.0 Å². The number of aromatic nitrogens is 2. The zero-order valence-corrected chi connectivity index (χ0v) is 11.3. The lowest BCUT2D eigenvalue weighted by Crippen LogP contribution is -2.13. The molecule has 1 amide bonds. The molecule has 1 aromatic carbocycles. The van der Waals surface area contributed by atoms with E-state index in [2.05, 4.69) is 10.4 Å². The van der Waals surface area contributed by atoms with Crippen LogP contribution in [0.5, 0.6) is 0 Å². The van der Waals surface area contributed by atoms with E-state index in [1.165, 1.54) is 12.1 Å². The van der Waals surface area contributed by atoms with E-state index in [0.717, 1.165) is 17.7 Å². The number of carbonyl (C=O) groups is 1. The van der Waals surface area contributed by atoms with Gasteiger partial charge >= 0.3 is 6.18 Å². The maximum atomic E-state index is 12.6. The summed E-state index contributed by atoms with van der Waals surface area (Å²) in [6.45, 7) is 0. The summed E-state index contributed by atoms with van der Waals surface area (Å²) in [6, 6.07) is 4.57. The van der Waals surface area contributed by atoms with Crippen molar-refractivity contribution in [3.63, 3.8) is 0 Å². The van der Waals surface area contributed by atoms with Crippen LogP contribution in [0.15, 0.2) is 36.7 Å². The zero-order chi connectivity index (χ0) is 15.5. The van der Waals surface area contributed by atoms with Crippen LogP contribution in [0.25, 0.3) is 0 Å². The highest BCUT2D eigenvalue weighted by molar-refractivity contribution is 5.90. The Hall–Kier alpha value is -2.31. The SMILES string of the molecule is Cn1cc(CCC(=O)Nc2cccc(C(F)(F)F)c2)cn1. The van der Waals surface area contributed by atoms with Gasteiger partial charge in [-0.25, -0.2) is 0 Å². The monoisotopic (exact) mass is 297 g/mol. The van der Waals surface area contributed by atoms with Crippen molar-refractivity contribution in [2.24, 2.45) is 7.05 Å². The van der Waals surface area contributed by atoms with E-state index in [-0.39, 0.29) is 18.0 Å². The van der Waals surface area contributed by atoms with Crippen LogP contribution in [0.4, 0.5) is 18.9 Å². The van der Waals surface area contributed by atoms with Gasteiger partial charge in [-0.15, -0.1) is 0 Å². The lowest BCUT2D eigenvalue weighted by molar-refractivity contribution is -0.137. The molecule has 0 aliphatic heterocycles. The van der Waals surface area contributed by atoms with Crippen molar-refractivity contribution in [3.8, 4) is 0 Å². The molecule has 0 aliphatic carbocycles. The molecular weight excluding hydrogens is 283 g/mol. The topological polar surface area (TPSA) is 46.9 Å². The van der Waals surface area contributed by atoms with Gasteiger partial charge in [0.1, 0.15) is 0 Å². The molecule has 1 N–H and O–H groups in total. The second-order valence-corrected chi connectivity index (χ2v) is 4.65. The molecule has 0 atom stereocenters. The quantitative estimate of drug-likeness (QED) is 0.943. The van der Waals surface area contributed by atoms with Crippen molar-refractivity contribution in [1.82, 2.24) is 9.78 Å². The molecule has 0 bridgehead atoms. The molecule has 7 heteroatoms. The molecule has 0 aliphatic rings. The summed E-state index contributed by atoms with van der Waals surface area (Å²) in [5, 5.41) is 6.44. The van der Waals surface area contributed by atoms with Crippen LogP contribution >= 0.6 is 0 Å². The molecular formula is C14H14F3N3O. The van der Waals surface area contributed by atoms with E-state index in [0.29, 0.717) is 6.42 Å². The van der Waals surface area contributed by atoms with Crippen molar-refractivity contribution in [2.75, 3.05) is 5.32 Å². The molecule has 1 heterocycles. The lowest BCUT2D eigenvalue weighted by Gasteiger charge is -2.09. The summed E-state index contributed by atoms with van der Waals surface area (Å²) in [4.78, 5) is 11.7. The third-order valence-corrected chi connectivity index (χ3v) is 2.87. The summed E-state index contributed by atoms with van der Waals surface area (Å²) in [6.07, 6.45) is -0.313. The van der Waals surface area contributed by atoms with Crippen LogP contribution in [-0.4, -0.2) is 15.7 Å². The standard InChI is InChI=1S/C14H14F3N3O/c1-20-9-10(8-18-20)5-6-13(21)19-12-4-2-3-11(7-12)14(15,16)17/h2-4,7-9H,5-6H2,1H3,(H,19,21). The van der Waals surface area contributed by atoms with Gasteiger partial charge < -0.3 is 5.32 Å². The van der Waals surface area contributed by atoms with Gasteiger partial charge in [-0.1, -0.05) is 6.07 Å². The largest absolute Gasteiger partial charge is 0.416 e. The van der Waals surface area contributed by atoms with Gasteiger partial charge in [-0.3, -0.25) is 9.48 Å². The van der Waals surface area contributed by atoms with Gasteiger partial charge in [0, 0.05) is 25.4 Å². The molecule has 2 aromatic rings. The summed E-state index contributed by atoms with van der Waals surface area (Å²) in [7, 11) is 1.77. The number of rotatable bonds is 4. The average Bonchev–Trinajstić information content (AvgIpc) is 2.82. The highest BCUT2D eigenvalue weighted by Gasteiger charge is 2.30.